The third kappa shape index (κ3) is 3.16. The molecule has 0 aliphatic rings. The standard InChI is InChI=1S/C17H13BrN2O4/c1-10(21)11-6-7-14-15(8-11)24-17(23)20(14)9-16(22)19-13-5-3-2-4-12(13)18/h2-8H,9H2,1H3,(H,19,22). The van der Waals surface area contributed by atoms with Crippen molar-refractivity contribution >= 4 is 44.4 Å². The van der Waals surface area contributed by atoms with Crippen LogP contribution in [0.2, 0.25) is 0 Å². The summed E-state index contributed by atoms with van der Waals surface area (Å²) in [4.78, 5) is 35.6. The molecule has 6 nitrogen and oxygen atoms in total. The molecule has 7 heteroatoms. The number of carbonyl (C=O) groups is 2. The molecule has 2 aromatic carbocycles. The molecule has 0 bridgehead atoms. The Hall–Kier alpha value is -2.67. The van der Waals surface area contributed by atoms with Gasteiger partial charge in [-0.25, -0.2) is 4.79 Å². The van der Waals surface area contributed by atoms with Crippen molar-refractivity contribution < 1.29 is 14.0 Å². The van der Waals surface area contributed by atoms with Crippen LogP contribution in [0.5, 0.6) is 0 Å². The van der Waals surface area contributed by atoms with Crippen molar-refractivity contribution in [1.82, 2.24) is 4.57 Å². The van der Waals surface area contributed by atoms with Gasteiger partial charge in [-0.05, 0) is 53.2 Å². The first-order valence-electron chi connectivity index (χ1n) is 7.14. The number of ketones is 1. The molecule has 0 aliphatic heterocycles. The first-order chi connectivity index (χ1) is 11.5. The van der Waals surface area contributed by atoms with Crippen LogP contribution in [-0.2, 0) is 11.3 Å². The second-order valence-electron chi connectivity index (χ2n) is 5.22. The van der Waals surface area contributed by atoms with Crippen LogP contribution in [0.15, 0.2) is 56.1 Å². The van der Waals surface area contributed by atoms with Gasteiger partial charge < -0.3 is 9.73 Å². The molecule has 1 amide bonds. The highest BCUT2D eigenvalue weighted by Gasteiger charge is 2.14. The summed E-state index contributed by atoms with van der Waals surface area (Å²) in [5.41, 5.74) is 1.80. The van der Waals surface area contributed by atoms with Crippen molar-refractivity contribution in [2.75, 3.05) is 5.32 Å². The van der Waals surface area contributed by atoms with Crippen molar-refractivity contribution in [2.24, 2.45) is 0 Å². The molecule has 1 N–H and O–H groups in total. The number of rotatable bonds is 4. The minimum atomic E-state index is -0.645. The zero-order valence-corrected chi connectivity index (χ0v) is 14.3. The highest BCUT2D eigenvalue weighted by molar-refractivity contribution is 9.10. The molecule has 0 aliphatic carbocycles. The highest BCUT2D eigenvalue weighted by Crippen LogP contribution is 2.21. The minimum absolute atomic E-state index is 0.126. The van der Waals surface area contributed by atoms with E-state index < -0.39 is 5.76 Å². The number of hydrogen-bond acceptors (Lipinski definition) is 4. The molecule has 0 unspecified atom stereocenters. The number of amides is 1. The highest BCUT2D eigenvalue weighted by atomic mass is 79.9. The van der Waals surface area contributed by atoms with E-state index >= 15 is 0 Å². The number of para-hydroxylation sites is 1. The topological polar surface area (TPSA) is 81.3 Å². The number of hydrogen-bond donors (Lipinski definition) is 1. The molecular weight excluding hydrogens is 376 g/mol. The molecule has 0 spiro atoms. The number of aromatic nitrogens is 1. The lowest BCUT2D eigenvalue weighted by atomic mass is 10.1. The van der Waals surface area contributed by atoms with E-state index in [2.05, 4.69) is 21.2 Å². The van der Waals surface area contributed by atoms with Crippen LogP contribution < -0.4 is 11.1 Å². The minimum Gasteiger partial charge on any atom is -0.408 e. The van der Waals surface area contributed by atoms with Gasteiger partial charge in [0.2, 0.25) is 5.91 Å². The largest absolute Gasteiger partial charge is 0.420 e. The molecule has 1 heterocycles. The van der Waals surface area contributed by atoms with E-state index in [1.807, 2.05) is 6.07 Å². The Balaban J connectivity index is 1.88. The fourth-order valence-electron chi connectivity index (χ4n) is 2.33. The van der Waals surface area contributed by atoms with Crippen molar-refractivity contribution in [3.8, 4) is 0 Å². The van der Waals surface area contributed by atoms with Gasteiger partial charge in [0.1, 0.15) is 6.54 Å². The predicted molar refractivity (Wildman–Crippen MR) is 93.3 cm³/mol. The Morgan fingerprint density at radius 1 is 1.21 bits per heavy atom. The van der Waals surface area contributed by atoms with E-state index in [0.717, 1.165) is 4.47 Å². The molecule has 0 saturated heterocycles. The molecule has 0 saturated carbocycles. The summed E-state index contributed by atoms with van der Waals surface area (Å²) in [5.74, 6) is -1.13. The van der Waals surface area contributed by atoms with Crippen LogP contribution in [-0.4, -0.2) is 16.3 Å². The van der Waals surface area contributed by atoms with Gasteiger partial charge in [0.05, 0.1) is 11.2 Å². The van der Waals surface area contributed by atoms with E-state index in [1.165, 1.54) is 17.6 Å². The number of halogens is 1. The van der Waals surface area contributed by atoms with Crippen LogP contribution in [0.4, 0.5) is 5.69 Å². The van der Waals surface area contributed by atoms with Crippen molar-refractivity contribution in [1.29, 1.82) is 0 Å². The molecular formula is C17H13BrN2O4. The summed E-state index contributed by atoms with van der Waals surface area (Å²) >= 11 is 3.34. The number of nitrogens with one attached hydrogen (secondary N) is 1. The Bertz CT molecular complexity index is 1000. The van der Waals surface area contributed by atoms with Gasteiger partial charge in [-0.1, -0.05) is 12.1 Å². The van der Waals surface area contributed by atoms with Crippen LogP contribution in [0.25, 0.3) is 11.1 Å². The van der Waals surface area contributed by atoms with Gasteiger partial charge in [-0.3, -0.25) is 14.2 Å². The summed E-state index contributed by atoms with van der Waals surface area (Å²) in [5, 5.41) is 2.73. The maximum Gasteiger partial charge on any atom is 0.420 e. The van der Waals surface area contributed by atoms with E-state index in [0.29, 0.717) is 16.8 Å². The zero-order valence-electron chi connectivity index (χ0n) is 12.7. The Morgan fingerprint density at radius 3 is 2.67 bits per heavy atom. The maximum absolute atomic E-state index is 12.2. The number of carbonyl (C=O) groups excluding carboxylic acids is 2. The summed E-state index contributed by atoms with van der Waals surface area (Å²) in [7, 11) is 0. The average Bonchev–Trinajstić information content (AvgIpc) is 2.84. The first kappa shape index (κ1) is 16.2. The third-order valence-electron chi connectivity index (χ3n) is 3.52. The van der Waals surface area contributed by atoms with Crippen molar-refractivity contribution in [2.45, 2.75) is 13.5 Å². The number of nitrogens with zero attached hydrogens (tertiary/aromatic N) is 1. The van der Waals surface area contributed by atoms with E-state index in [-0.39, 0.29) is 23.8 Å². The fraction of sp³-hybridized carbons (Fsp3) is 0.118. The predicted octanol–water partition coefficient (Wildman–Crippen LogP) is 3.20. The van der Waals surface area contributed by atoms with Gasteiger partial charge in [-0.2, -0.15) is 0 Å². The molecule has 24 heavy (non-hydrogen) atoms. The number of fused-ring (bicyclic) bond motifs is 1. The number of oxazole rings is 1. The zero-order chi connectivity index (χ0) is 17.3. The Labute approximate surface area is 145 Å². The van der Waals surface area contributed by atoms with Crippen molar-refractivity contribution in [3.63, 3.8) is 0 Å². The van der Waals surface area contributed by atoms with Crippen LogP contribution in [0, 0.1) is 0 Å². The van der Waals surface area contributed by atoms with Crippen LogP contribution in [0.3, 0.4) is 0 Å². The molecule has 3 rings (SSSR count). The average molecular weight is 389 g/mol. The number of benzene rings is 2. The normalized spacial score (nSPS) is 10.8. The molecule has 1 aromatic heterocycles. The number of anilines is 1. The maximum atomic E-state index is 12.2. The van der Waals surface area contributed by atoms with E-state index in [4.69, 9.17) is 4.42 Å². The summed E-state index contributed by atoms with van der Waals surface area (Å²) in [6.45, 7) is 1.24. The van der Waals surface area contributed by atoms with Gasteiger partial charge in [0, 0.05) is 10.0 Å². The Morgan fingerprint density at radius 2 is 1.96 bits per heavy atom. The molecule has 0 radical (unpaired) electrons. The van der Waals surface area contributed by atoms with Gasteiger partial charge >= 0.3 is 5.76 Å². The molecule has 0 fully saturated rings. The molecule has 0 atom stereocenters. The molecule has 3 aromatic rings. The Kier molecular flexibility index (Phi) is 4.35. The van der Waals surface area contributed by atoms with Gasteiger partial charge in [0.15, 0.2) is 11.4 Å². The first-order valence-corrected chi connectivity index (χ1v) is 7.93. The lowest BCUT2D eigenvalue weighted by Gasteiger charge is -2.07. The number of Topliss-reactive ketones (excluding diaryl/α,β-unsaturated/α-hetero) is 1. The lowest BCUT2D eigenvalue weighted by Crippen LogP contribution is -2.24. The SMILES string of the molecule is CC(=O)c1ccc2c(c1)oc(=O)n2CC(=O)Nc1ccccc1Br. The lowest BCUT2D eigenvalue weighted by molar-refractivity contribution is -0.116. The van der Waals surface area contributed by atoms with E-state index in [1.54, 1.807) is 30.3 Å². The van der Waals surface area contributed by atoms with E-state index in [9.17, 15) is 14.4 Å². The van der Waals surface area contributed by atoms with Crippen molar-refractivity contribution in [3.05, 3.63) is 63.1 Å². The van der Waals surface area contributed by atoms with Gasteiger partial charge in [0.25, 0.3) is 0 Å². The van der Waals surface area contributed by atoms with Gasteiger partial charge in [-0.15, -0.1) is 0 Å². The quantitative estimate of drug-likeness (QED) is 0.695. The monoisotopic (exact) mass is 388 g/mol. The summed E-state index contributed by atoms with van der Waals surface area (Å²) < 4.78 is 7.10. The second kappa shape index (κ2) is 6.45. The summed E-state index contributed by atoms with van der Waals surface area (Å²) in [6, 6.07) is 11.9. The van der Waals surface area contributed by atoms with Crippen LogP contribution in [0.1, 0.15) is 17.3 Å². The second-order valence-corrected chi connectivity index (χ2v) is 6.08. The molecule has 122 valence electrons. The summed E-state index contributed by atoms with van der Waals surface area (Å²) in [6.07, 6.45) is 0. The fourth-order valence-corrected chi connectivity index (χ4v) is 2.71. The third-order valence-corrected chi connectivity index (χ3v) is 4.22. The smallest absolute Gasteiger partial charge is 0.408 e. The van der Waals surface area contributed by atoms with Crippen LogP contribution >= 0.6 is 15.9 Å².